The van der Waals surface area contributed by atoms with Crippen LogP contribution in [0.1, 0.15) is 31.2 Å². The molecule has 1 amide bonds. The van der Waals surface area contributed by atoms with E-state index in [1.54, 1.807) is 12.3 Å². The summed E-state index contributed by atoms with van der Waals surface area (Å²) in [5, 5.41) is 14.3. The van der Waals surface area contributed by atoms with Crippen LogP contribution in [0.5, 0.6) is 0 Å². The third-order valence-electron chi connectivity index (χ3n) is 6.94. The van der Waals surface area contributed by atoms with Gasteiger partial charge in [-0.15, -0.1) is 0 Å². The molecule has 0 radical (unpaired) electrons. The Bertz CT molecular complexity index is 1070. The molecule has 3 fully saturated rings. The molecule has 1 aromatic heterocycles. The molecule has 2 saturated carbocycles. The van der Waals surface area contributed by atoms with Crippen LogP contribution < -0.4 is 5.32 Å². The molecule has 0 unspecified atom stereocenters. The lowest BCUT2D eigenvalue weighted by Gasteiger charge is -2.17. The molecule has 8 heteroatoms. The molecule has 2 aliphatic carbocycles. The molecule has 30 heavy (non-hydrogen) atoms. The lowest BCUT2D eigenvalue weighted by Crippen LogP contribution is -2.34. The second-order valence-corrected chi connectivity index (χ2v) is 8.93. The van der Waals surface area contributed by atoms with E-state index >= 15 is 0 Å². The molecule has 2 heterocycles. The second-order valence-electron chi connectivity index (χ2n) is 8.93. The van der Waals surface area contributed by atoms with Crippen molar-refractivity contribution < 1.29 is 18.0 Å². The van der Waals surface area contributed by atoms with Gasteiger partial charge in [0.2, 0.25) is 5.91 Å². The summed E-state index contributed by atoms with van der Waals surface area (Å²) in [7, 11) is 0. The first-order valence-electron chi connectivity index (χ1n) is 10.2. The van der Waals surface area contributed by atoms with Gasteiger partial charge < -0.3 is 5.32 Å². The topological polar surface area (TPSA) is 69.0 Å². The predicted molar refractivity (Wildman–Crippen MR) is 105 cm³/mol. The number of carbonyl (C=O) groups excluding carboxylic acids is 1. The second kappa shape index (κ2) is 6.42. The normalized spacial score (nSPS) is 27.2. The summed E-state index contributed by atoms with van der Waals surface area (Å²) in [6, 6.07) is 10.2. The summed E-state index contributed by atoms with van der Waals surface area (Å²) in [5.74, 6) is -0.420. The molecule has 3 aliphatic rings. The SMILES string of the molecule is N#C[C@]1(c2ccc3cnc(NC(=O)[C@H]4CCN(CC(F)(F)F)C4)cc3c2)CC12CC2. The lowest BCUT2D eigenvalue weighted by molar-refractivity contribution is -0.144. The standard InChI is InChI=1S/C22H21F3N4O/c23-22(24,25)13-29-6-3-15(10-29)19(30)28-18-8-16-7-17(2-1-14(16)9-27-18)21(12-26)11-20(21)4-5-20/h1-2,7-9,15H,3-6,10-11,13H2,(H,27,28,30)/t15-,21-/m0/s1. The highest BCUT2D eigenvalue weighted by atomic mass is 19.4. The van der Waals surface area contributed by atoms with E-state index in [0.717, 1.165) is 35.6 Å². The first-order valence-corrected chi connectivity index (χ1v) is 10.2. The Hall–Kier alpha value is -2.66. The molecule has 2 aromatic rings. The van der Waals surface area contributed by atoms with Crippen molar-refractivity contribution in [2.45, 2.75) is 37.3 Å². The van der Waals surface area contributed by atoms with Crippen LogP contribution in [0, 0.1) is 22.7 Å². The summed E-state index contributed by atoms with van der Waals surface area (Å²) in [5.41, 5.74) is 0.793. The van der Waals surface area contributed by atoms with E-state index in [1.807, 2.05) is 18.2 Å². The number of rotatable bonds is 4. The van der Waals surface area contributed by atoms with Gasteiger partial charge in [-0.2, -0.15) is 18.4 Å². The number of nitrogens with one attached hydrogen (secondary N) is 1. The number of nitriles is 1. The van der Waals surface area contributed by atoms with Crippen molar-refractivity contribution in [3.63, 3.8) is 0 Å². The highest BCUT2D eigenvalue weighted by Gasteiger charge is 2.75. The maximum Gasteiger partial charge on any atom is 0.401 e. The summed E-state index contributed by atoms with van der Waals surface area (Å²) < 4.78 is 37.7. The Morgan fingerprint density at radius 2 is 2.10 bits per heavy atom. The fourth-order valence-electron chi connectivity index (χ4n) is 5.00. The maximum atomic E-state index is 12.6. The van der Waals surface area contributed by atoms with Crippen molar-refractivity contribution in [1.29, 1.82) is 5.26 Å². The zero-order valence-electron chi connectivity index (χ0n) is 16.3. The van der Waals surface area contributed by atoms with Crippen molar-refractivity contribution in [1.82, 2.24) is 9.88 Å². The van der Waals surface area contributed by atoms with E-state index in [4.69, 9.17) is 0 Å². The van der Waals surface area contributed by atoms with Gasteiger partial charge in [-0.3, -0.25) is 9.69 Å². The molecular formula is C22H21F3N4O. The van der Waals surface area contributed by atoms with Crippen molar-refractivity contribution in [2.24, 2.45) is 11.3 Å². The van der Waals surface area contributed by atoms with Gasteiger partial charge in [0.25, 0.3) is 0 Å². The third-order valence-corrected chi connectivity index (χ3v) is 6.94. The number of amides is 1. The van der Waals surface area contributed by atoms with Crippen LogP contribution in [-0.2, 0) is 10.2 Å². The van der Waals surface area contributed by atoms with Crippen LogP contribution in [0.3, 0.4) is 0 Å². The Balaban J connectivity index is 1.31. The molecule has 1 aliphatic heterocycles. The zero-order chi connectivity index (χ0) is 21.1. The minimum atomic E-state index is -4.26. The fourth-order valence-corrected chi connectivity index (χ4v) is 5.00. The molecule has 2 atom stereocenters. The van der Waals surface area contributed by atoms with Crippen molar-refractivity contribution >= 4 is 22.5 Å². The number of aromatic nitrogens is 1. The van der Waals surface area contributed by atoms with Gasteiger partial charge >= 0.3 is 6.18 Å². The molecular weight excluding hydrogens is 393 g/mol. The van der Waals surface area contributed by atoms with Gasteiger partial charge in [-0.25, -0.2) is 4.98 Å². The number of likely N-dealkylation sites (tertiary alicyclic amines) is 1. The van der Waals surface area contributed by atoms with Crippen LogP contribution in [0.4, 0.5) is 19.0 Å². The fraction of sp³-hybridized carbons (Fsp3) is 0.500. The molecule has 0 bridgehead atoms. The number of pyridine rings is 1. The van der Waals surface area contributed by atoms with Crippen molar-refractivity contribution in [3.05, 3.63) is 36.0 Å². The maximum absolute atomic E-state index is 12.6. The van der Waals surface area contributed by atoms with Gasteiger partial charge in [0, 0.05) is 18.1 Å². The van der Waals surface area contributed by atoms with Gasteiger partial charge in [0.15, 0.2) is 0 Å². The van der Waals surface area contributed by atoms with Crippen LogP contribution >= 0.6 is 0 Å². The van der Waals surface area contributed by atoms with E-state index in [2.05, 4.69) is 16.4 Å². The molecule has 5 nitrogen and oxygen atoms in total. The molecule has 1 aromatic carbocycles. The van der Waals surface area contributed by atoms with E-state index in [9.17, 15) is 23.2 Å². The summed E-state index contributed by atoms with van der Waals surface area (Å²) in [6.45, 7) is -0.643. The number of benzene rings is 1. The zero-order valence-corrected chi connectivity index (χ0v) is 16.3. The quantitative estimate of drug-likeness (QED) is 0.821. The van der Waals surface area contributed by atoms with Crippen LogP contribution in [0.25, 0.3) is 10.8 Å². The number of anilines is 1. The average molecular weight is 414 g/mol. The number of halogens is 3. The predicted octanol–water partition coefficient (Wildman–Crippen LogP) is 4.00. The third kappa shape index (κ3) is 3.21. The highest BCUT2D eigenvalue weighted by Crippen LogP contribution is 2.78. The number of hydrogen-bond donors (Lipinski definition) is 1. The molecule has 1 N–H and O–H groups in total. The average Bonchev–Trinajstić information content (AvgIpc) is 3.56. The van der Waals surface area contributed by atoms with Gasteiger partial charge in [0.1, 0.15) is 5.82 Å². The monoisotopic (exact) mass is 414 g/mol. The first kappa shape index (κ1) is 19.3. The van der Waals surface area contributed by atoms with Crippen LogP contribution in [-0.4, -0.2) is 41.6 Å². The Morgan fingerprint density at radius 1 is 1.30 bits per heavy atom. The largest absolute Gasteiger partial charge is 0.401 e. The summed E-state index contributed by atoms with van der Waals surface area (Å²) in [4.78, 5) is 18.1. The molecule has 1 spiro atoms. The van der Waals surface area contributed by atoms with Crippen molar-refractivity contribution in [2.75, 3.05) is 25.0 Å². The van der Waals surface area contributed by atoms with Gasteiger partial charge in [0.05, 0.1) is 23.9 Å². The highest BCUT2D eigenvalue weighted by molar-refractivity contribution is 5.94. The van der Waals surface area contributed by atoms with Crippen molar-refractivity contribution in [3.8, 4) is 6.07 Å². The number of carbonyl (C=O) groups is 1. The van der Waals surface area contributed by atoms with E-state index in [-0.39, 0.29) is 29.8 Å². The van der Waals surface area contributed by atoms with E-state index in [0.29, 0.717) is 12.2 Å². The van der Waals surface area contributed by atoms with Gasteiger partial charge in [-0.1, -0.05) is 12.1 Å². The first-order chi connectivity index (χ1) is 14.2. The number of nitrogens with zero attached hydrogens (tertiary/aromatic N) is 3. The van der Waals surface area contributed by atoms with E-state index < -0.39 is 18.6 Å². The minimum Gasteiger partial charge on any atom is -0.310 e. The summed E-state index contributed by atoms with van der Waals surface area (Å²) >= 11 is 0. The summed E-state index contributed by atoms with van der Waals surface area (Å²) in [6.07, 6.45) is 0.910. The van der Waals surface area contributed by atoms with E-state index in [1.165, 1.54) is 4.90 Å². The molecule has 5 rings (SSSR count). The van der Waals surface area contributed by atoms with Gasteiger partial charge in [-0.05, 0) is 60.7 Å². The number of hydrogen-bond acceptors (Lipinski definition) is 4. The minimum absolute atomic E-state index is 0.0931. The lowest BCUT2D eigenvalue weighted by atomic mass is 9.92. The Morgan fingerprint density at radius 3 is 2.77 bits per heavy atom. The smallest absolute Gasteiger partial charge is 0.310 e. The Kier molecular flexibility index (Phi) is 4.13. The van der Waals surface area contributed by atoms with Crippen LogP contribution in [0.2, 0.25) is 0 Å². The molecule has 156 valence electrons. The molecule has 1 saturated heterocycles. The number of fused-ring (bicyclic) bond motifs is 1. The Labute approximate surface area is 171 Å². The number of alkyl halides is 3. The van der Waals surface area contributed by atoms with Crippen LogP contribution in [0.15, 0.2) is 30.5 Å².